The van der Waals surface area contributed by atoms with Crippen LogP contribution >= 0.6 is 0 Å². The molecule has 0 fully saturated rings. The van der Waals surface area contributed by atoms with Crippen molar-refractivity contribution in [2.45, 2.75) is 26.3 Å². The summed E-state index contributed by atoms with van der Waals surface area (Å²) >= 11 is 0. The van der Waals surface area contributed by atoms with Gasteiger partial charge in [0.1, 0.15) is 5.82 Å². The Morgan fingerprint density at radius 1 is 0.906 bits per heavy atom. The number of hydrogen-bond acceptors (Lipinski definition) is 8. The summed E-state index contributed by atoms with van der Waals surface area (Å²) in [6.45, 7) is 3.49. The fourth-order valence-corrected chi connectivity index (χ4v) is 3.59. The molecule has 1 aliphatic rings. The van der Waals surface area contributed by atoms with Crippen molar-refractivity contribution < 1.29 is 28.6 Å². The fraction of sp³-hybridized carbons (Fsp3) is 0.292. The van der Waals surface area contributed by atoms with Crippen LogP contribution in [0, 0.1) is 0 Å². The number of benzene rings is 2. The van der Waals surface area contributed by atoms with Crippen molar-refractivity contribution in [1.29, 1.82) is 0 Å². The summed E-state index contributed by atoms with van der Waals surface area (Å²) in [4.78, 5) is 39.9. The molecule has 2 aromatic rings. The van der Waals surface area contributed by atoms with Gasteiger partial charge in [-0.1, -0.05) is 36.4 Å². The highest BCUT2D eigenvalue weighted by atomic mass is 16.6. The summed E-state index contributed by atoms with van der Waals surface area (Å²) < 4.78 is 15.3. The van der Waals surface area contributed by atoms with Gasteiger partial charge in [-0.15, -0.1) is 0 Å². The van der Waals surface area contributed by atoms with E-state index in [1.165, 1.54) is 7.11 Å². The van der Waals surface area contributed by atoms with E-state index in [4.69, 9.17) is 14.2 Å². The number of rotatable bonds is 7. The van der Waals surface area contributed by atoms with Gasteiger partial charge in [0, 0.05) is 11.4 Å². The lowest BCUT2D eigenvalue weighted by Gasteiger charge is -2.41. The van der Waals surface area contributed by atoms with Gasteiger partial charge in [0.15, 0.2) is 5.57 Å². The Kier molecular flexibility index (Phi) is 7.49. The molecule has 2 aromatic carbocycles. The minimum Gasteiger partial charge on any atom is -0.469 e. The normalized spacial score (nSPS) is 14.7. The molecular weight excluding hydrogens is 412 g/mol. The lowest BCUT2D eigenvalue weighted by Crippen LogP contribution is -2.40. The van der Waals surface area contributed by atoms with Crippen LogP contribution in [0.1, 0.15) is 31.9 Å². The minimum atomic E-state index is -0.814. The maximum Gasteiger partial charge on any atom is 0.349 e. The summed E-state index contributed by atoms with van der Waals surface area (Å²) in [5.41, 5.74) is 1.87. The summed E-state index contributed by atoms with van der Waals surface area (Å²) in [6, 6.07) is 16.0. The van der Waals surface area contributed by atoms with Crippen LogP contribution in [0.2, 0.25) is 0 Å². The second-order valence-electron chi connectivity index (χ2n) is 6.88. The molecule has 3 rings (SSSR count). The van der Waals surface area contributed by atoms with Crippen LogP contribution in [0.5, 0.6) is 0 Å². The van der Waals surface area contributed by atoms with Gasteiger partial charge < -0.3 is 24.4 Å². The van der Waals surface area contributed by atoms with E-state index in [9.17, 15) is 14.4 Å². The molecule has 0 saturated carbocycles. The van der Waals surface area contributed by atoms with Crippen LogP contribution in [-0.4, -0.2) is 38.2 Å². The number of hydrogen-bond donors (Lipinski definition) is 1. The number of fused-ring (bicyclic) bond motifs is 1. The summed E-state index contributed by atoms with van der Waals surface area (Å²) in [6.07, 6.45) is -0.00742. The first kappa shape index (κ1) is 22.9. The van der Waals surface area contributed by atoms with Crippen molar-refractivity contribution in [3.8, 4) is 0 Å². The van der Waals surface area contributed by atoms with E-state index in [1.807, 2.05) is 54.6 Å². The first-order valence-electron chi connectivity index (χ1n) is 10.4. The van der Waals surface area contributed by atoms with Gasteiger partial charge >= 0.3 is 17.9 Å². The van der Waals surface area contributed by atoms with E-state index in [0.717, 1.165) is 5.56 Å². The molecule has 0 radical (unpaired) electrons. The molecule has 1 N–H and O–H groups in total. The van der Waals surface area contributed by atoms with Crippen molar-refractivity contribution in [3.63, 3.8) is 0 Å². The number of carbonyl (C=O) groups excluding carboxylic acids is 3. The van der Waals surface area contributed by atoms with Gasteiger partial charge in [0.2, 0.25) is 0 Å². The molecular formula is C24H26N2O6. The third-order valence-corrected chi connectivity index (χ3v) is 4.94. The molecule has 0 bridgehead atoms. The summed E-state index contributed by atoms with van der Waals surface area (Å²) in [7, 11) is 1.32. The maximum absolute atomic E-state index is 12.9. The molecule has 8 nitrogen and oxygen atoms in total. The molecule has 1 unspecified atom stereocenters. The quantitative estimate of drug-likeness (QED) is 0.231. The van der Waals surface area contributed by atoms with E-state index < -0.39 is 23.9 Å². The fourth-order valence-electron chi connectivity index (χ4n) is 3.59. The Hall–Kier alpha value is -3.81. The second kappa shape index (κ2) is 10.5. The van der Waals surface area contributed by atoms with Gasteiger partial charge in [-0.05, 0) is 37.6 Å². The van der Waals surface area contributed by atoms with Crippen LogP contribution in [0.25, 0.3) is 0 Å². The predicted molar refractivity (Wildman–Crippen MR) is 119 cm³/mol. The zero-order chi connectivity index (χ0) is 23.1. The highest BCUT2D eigenvalue weighted by Crippen LogP contribution is 2.42. The van der Waals surface area contributed by atoms with Crippen molar-refractivity contribution in [1.82, 2.24) is 0 Å². The van der Waals surface area contributed by atoms with Crippen molar-refractivity contribution in [2.75, 3.05) is 30.5 Å². The molecule has 0 amide bonds. The van der Waals surface area contributed by atoms with Crippen LogP contribution < -0.4 is 10.2 Å². The molecule has 0 saturated heterocycles. The SMILES string of the molecule is CCOC(=O)C(C(=O)OCC)=C1Nc2ccccc2C(CC(=O)OC)N1c1ccccc1. The molecule has 1 aliphatic heterocycles. The molecule has 168 valence electrons. The zero-order valence-corrected chi connectivity index (χ0v) is 18.3. The maximum atomic E-state index is 12.9. The molecule has 0 aliphatic carbocycles. The topological polar surface area (TPSA) is 94.2 Å². The van der Waals surface area contributed by atoms with Gasteiger partial charge in [-0.25, -0.2) is 9.59 Å². The largest absolute Gasteiger partial charge is 0.469 e. The van der Waals surface area contributed by atoms with Gasteiger partial charge in [0.05, 0.1) is 32.8 Å². The third kappa shape index (κ3) is 4.74. The van der Waals surface area contributed by atoms with Crippen molar-refractivity contribution >= 4 is 29.3 Å². The zero-order valence-electron chi connectivity index (χ0n) is 18.3. The Balaban J connectivity index is 2.30. The standard InChI is InChI=1S/C24H26N2O6/c1-4-31-23(28)21(24(29)32-5-2)22-25-18-14-10-9-13-17(18)19(15-20(27)30-3)26(22)16-11-7-6-8-12-16/h6-14,19,25H,4-5,15H2,1-3H3. The molecule has 8 heteroatoms. The molecule has 0 aromatic heterocycles. The van der Waals surface area contributed by atoms with Crippen molar-refractivity contribution in [2.24, 2.45) is 0 Å². The average Bonchev–Trinajstić information content (AvgIpc) is 2.80. The number of nitrogens with one attached hydrogen (secondary N) is 1. The van der Waals surface area contributed by atoms with Crippen LogP contribution in [0.15, 0.2) is 66.0 Å². The molecule has 0 spiro atoms. The highest BCUT2D eigenvalue weighted by Gasteiger charge is 2.38. The van der Waals surface area contributed by atoms with Gasteiger partial charge in [-0.2, -0.15) is 0 Å². The number of ether oxygens (including phenoxy) is 3. The Morgan fingerprint density at radius 3 is 2.09 bits per heavy atom. The van der Waals surface area contributed by atoms with Crippen LogP contribution in [0.3, 0.4) is 0 Å². The predicted octanol–water partition coefficient (Wildman–Crippen LogP) is 3.56. The monoisotopic (exact) mass is 438 g/mol. The minimum absolute atomic E-state index is 0.00742. The van der Waals surface area contributed by atoms with E-state index in [2.05, 4.69) is 5.32 Å². The number of nitrogens with zero attached hydrogens (tertiary/aromatic N) is 1. The highest BCUT2D eigenvalue weighted by molar-refractivity contribution is 6.15. The first-order valence-corrected chi connectivity index (χ1v) is 10.4. The van der Waals surface area contributed by atoms with Crippen LogP contribution in [-0.2, 0) is 28.6 Å². The molecule has 1 atom stereocenters. The summed E-state index contributed by atoms with van der Waals surface area (Å²) in [5, 5.41) is 3.20. The molecule has 32 heavy (non-hydrogen) atoms. The Morgan fingerprint density at radius 2 is 1.50 bits per heavy atom. The van der Waals surface area contributed by atoms with E-state index in [-0.39, 0.29) is 31.0 Å². The molecule has 1 heterocycles. The number of esters is 3. The van der Waals surface area contributed by atoms with E-state index in [1.54, 1.807) is 18.7 Å². The first-order chi connectivity index (χ1) is 15.5. The number of anilines is 2. The van der Waals surface area contributed by atoms with Crippen molar-refractivity contribution in [3.05, 3.63) is 71.6 Å². The number of methoxy groups -OCH3 is 1. The smallest absolute Gasteiger partial charge is 0.349 e. The second-order valence-corrected chi connectivity index (χ2v) is 6.88. The average molecular weight is 438 g/mol. The Bertz CT molecular complexity index is 998. The Labute approximate surface area is 186 Å². The van der Waals surface area contributed by atoms with Gasteiger partial charge in [-0.3, -0.25) is 4.79 Å². The lowest BCUT2D eigenvalue weighted by molar-refractivity contribution is -0.146. The number of carbonyl (C=O) groups is 3. The third-order valence-electron chi connectivity index (χ3n) is 4.94. The van der Waals surface area contributed by atoms with Gasteiger partial charge in [0.25, 0.3) is 0 Å². The van der Waals surface area contributed by atoms with E-state index >= 15 is 0 Å². The summed E-state index contributed by atoms with van der Waals surface area (Å²) in [5.74, 6) is -1.88. The van der Waals surface area contributed by atoms with Crippen LogP contribution in [0.4, 0.5) is 11.4 Å². The lowest BCUT2D eigenvalue weighted by atomic mass is 9.95. The number of para-hydroxylation sites is 2. The van der Waals surface area contributed by atoms with E-state index in [0.29, 0.717) is 11.4 Å².